The van der Waals surface area contributed by atoms with Gasteiger partial charge in [-0.3, -0.25) is 0 Å². The topological polar surface area (TPSA) is 15.3 Å². The zero-order chi connectivity index (χ0) is 11.3. The molecule has 0 saturated carbocycles. The zero-order valence-corrected chi connectivity index (χ0v) is 10.9. The lowest BCUT2D eigenvalue weighted by atomic mass is 9.92. The number of likely N-dealkylation sites (tertiary alicyclic amines) is 1. The van der Waals surface area contributed by atoms with Gasteiger partial charge in [-0.1, -0.05) is 20.3 Å². The van der Waals surface area contributed by atoms with E-state index in [2.05, 4.69) is 31.0 Å². The molecule has 0 aromatic carbocycles. The molecule has 0 spiro atoms. The van der Waals surface area contributed by atoms with Crippen LogP contribution in [0.5, 0.6) is 0 Å². The molecular formula is C13H28N2. The van der Waals surface area contributed by atoms with E-state index in [0.717, 1.165) is 24.4 Å². The highest BCUT2D eigenvalue weighted by Crippen LogP contribution is 2.23. The Balaban J connectivity index is 2.40. The molecule has 3 atom stereocenters. The third-order valence-corrected chi connectivity index (χ3v) is 4.05. The number of hydrogen-bond acceptors (Lipinski definition) is 2. The van der Waals surface area contributed by atoms with Crippen molar-refractivity contribution in [1.82, 2.24) is 10.2 Å². The summed E-state index contributed by atoms with van der Waals surface area (Å²) in [5.41, 5.74) is 0. The van der Waals surface area contributed by atoms with Gasteiger partial charge in [-0.15, -0.1) is 0 Å². The lowest BCUT2D eigenvalue weighted by Gasteiger charge is -2.39. The second kappa shape index (κ2) is 6.49. The molecule has 1 N–H and O–H groups in total. The molecule has 0 amide bonds. The van der Waals surface area contributed by atoms with Crippen LogP contribution < -0.4 is 5.32 Å². The SMILES string of the molecule is CCC1CCCN(C(C)C(C)CNC)C1. The summed E-state index contributed by atoms with van der Waals surface area (Å²) in [6.07, 6.45) is 4.19. The van der Waals surface area contributed by atoms with Gasteiger partial charge < -0.3 is 10.2 Å². The van der Waals surface area contributed by atoms with Crippen LogP contribution in [0, 0.1) is 11.8 Å². The molecule has 0 aromatic rings. The van der Waals surface area contributed by atoms with Gasteiger partial charge in [-0.2, -0.15) is 0 Å². The van der Waals surface area contributed by atoms with Crippen LogP contribution in [0.1, 0.15) is 40.0 Å². The highest BCUT2D eigenvalue weighted by Gasteiger charge is 2.25. The second-order valence-corrected chi connectivity index (χ2v) is 5.19. The summed E-state index contributed by atoms with van der Waals surface area (Å²) in [7, 11) is 2.05. The van der Waals surface area contributed by atoms with E-state index in [9.17, 15) is 0 Å². The van der Waals surface area contributed by atoms with Gasteiger partial charge >= 0.3 is 0 Å². The first-order valence-electron chi connectivity index (χ1n) is 6.57. The van der Waals surface area contributed by atoms with E-state index in [0.29, 0.717) is 0 Å². The zero-order valence-electron chi connectivity index (χ0n) is 10.9. The van der Waals surface area contributed by atoms with Crippen LogP contribution in [0.25, 0.3) is 0 Å². The van der Waals surface area contributed by atoms with Crippen LogP contribution in [-0.2, 0) is 0 Å². The van der Waals surface area contributed by atoms with E-state index in [4.69, 9.17) is 0 Å². The van der Waals surface area contributed by atoms with Crippen molar-refractivity contribution < 1.29 is 0 Å². The van der Waals surface area contributed by atoms with Gasteiger partial charge in [0.1, 0.15) is 0 Å². The minimum absolute atomic E-state index is 0.729. The highest BCUT2D eigenvalue weighted by atomic mass is 15.2. The van der Waals surface area contributed by atoms with E-state index in [1.165, 1.54) is 32.4 Å². The van der Waals surface area contributed by atoms with Gasteiger partial charge in [-0.05, 0) is 51.7 Å². The first-order valence-corrected chi connectivity index (χ1v) is 6.57. The maximum atomic E-state index is 3.29. The average molecular weight is 212 g/mol. The molecule has 1 heterocycles. The molecule has 1 rings (SSSR count). The third kappa shape index (κ3) is 3.76. The highest BCUT2D eigenvalue weighted by molar-refractivity contribution is 4.79. The molecule has 1 saturated heterocycles. The number of hydrogen-bond donors (Lipinski definition) is 1. The minimum atomic E-state index is 0.729. The van der Waals surface area contributed by atoms with Crippen LogP contribution in [0.2, 0.25) is 0 Å². The molecular weight excluding hydrogens is 184 g/mol. The van der Waals surface area contributed by atoms with Crippen molar-refractivity contribution in [2.24, 2.45) is 11.8 Å². The molecule has 2 heteroatoms. The first-order chi connectivity index (χ1) is 7.19. The molecule has 1 aliphatic rings. The first kappa shape index (κ1) is 13.0. The van der Waals surface area contributed by atoms with E-state index >= 15 is 0 Å². The van der Waals surface area contributed by atoms with Crippen LogP contribution in [-0.4, -0.2) is 37.6 Å². The van der Waals surface area contributed by atoms with Crippen molar-refractivity contribution in [1.29, 1.82) is 0 Å². The van der Waals surface area contributed by atoms with Crippen LogP contribution in [0.4, 0.5) is 0 Å². The van der Waals surface area contributed by atoms with Gasteiger partial charge in [0.05, 0.1) is 0 Å². The van der Waals surface area contributed by atoms with Gasteiger partial charge in [0.2, 0.25) is 0 Å². The lowest BCUT2D eigenvalue weighted by Crippen LogP contribution is -2.45. The summed E-state index contributed by atoms with van der Waals surface area (Å²) in [6.45, 7) is 10.8. The maximum absolute atomic E-state index is 3.29. The molecule has 1 fully saturated rings. The fourth-order valence-electron chi connectivity index (χ4n) is 2.65. The molecule has 90 valence electrons. The molecule has 3 unspecified atom stereocenters. The Hall–Kier alpha value is -0.0800. The quantitative estimate of drug-likeness (QED) is 0.752. The Morgan fingerprint density at radius 2 is 2.13 bits per heavy atom. The predicted molar refractivity (Wildman–Crippen MR) is 67.1 cm³/mol. The fraction of sp³-hybridized carbons (Fsp3) is 1.00. The van der Waals surface area contributed by atoms with Gasteiger partial charge in [0.15, 0.2) is 0 Å². The molecule has 1 aliphatic heterocycles. The monoisotopic (exact) mass is 212 g/mol. The Morgan fingerprint density at radius 3 is 2.73 bits per heavy atom. The summed E-state index contributed by atoms with van der Waals surface area (Å²) in [5, 5.41) is 3.29. The Morgan fingerprint density at radius 1 is 1.40 bits per heavy atom. The van der Waals surface area contributed by atoms with Gasteiger partial charge in [0.25, 0.3) is 0 Å². The molecule has 0 radical (unpaired) electrons. The molecule has 0 bridgehead atoms. The summed E-state index contributed by atoms with van der Waals surface area (Å²) in [6, 6.07) is 0.729. The van der Waals surface area contributed by atoms with Gasteiger partial charge in [0, 0.05) is 12.6 Å². The Bertz CT molecular complexity index is 170. The standard InChI is InChI=1S/C13H28N2/c1-5-13-7-6-8-15(10-13)12(3)11(2)9-14-4/h11-14H,5-10H2,1-4H3. The molecule has 15 heavy (non-hydrogen) atoms. The van der Waals surface area contributed by atoms with Crippen molar-refractivity contribution in [3.8, 4) is 0 Å². The van der Waals surface area contributed by atoms with Crippen molar-refractivity contribution in [2.75, 3.05) is 26.7 Å². The van der Waals surface area contributed by atoms with Gasteiger partial charge in [-0.25, -0.2) is 0 Å². The van der Waals surface area contributed by atoms with Crippen LogP contribution in [0.15, 0.2) is 0 Å². The van der Waals surface area contributed by atoms with E-state index in [-0.39, 0.29) is 0 Å². The second-order valence-electron chi connectivity index (χ2n) is 5.19. The Kier molecular flexibility index (Phi) is 5.62. The largest absolute Gasteiger partial charge is 0.319 e. The number of nitrogens with one attached hydrogen (secondary N) is 1. The fourth-order valence-corrected chi connectivity index (χ4v) is 2.65. The molecule has 2 nitrogen and oxygen atoms in total. The summed E-state index contributed by atoms with van der Waals surface area (Å²) in [4.78, 5) is 2.69. The van der Waals surface area contributed by atoms with Crippen molar-refractivity contribution in [3.63, 3.8) is 0 Å². The number of nitrogens with zero attached hydrogens (tertiary/aromatic N) is 1. The number of rotatable bonds is 5. The van der Waals surface area contributed by atoms with Crippen molar-refractivity contribution in [2.45, 2.75) is 46.1 Å². The minimum Gasteiger partial charge on any atom is -0.319 e. The average Bonchev–Trinajstić information content (AvgIpc) is 2.28. The maximum Gasteiger partial charge on any atom is 0.0105 e. The normalized spacial score (nSPS) is 27.6. The predicted octanol–water partition coefficient (Wildman–Crippen LogP) is 2.35. The number of piperidine rings is 1. The van der Waals surface area contributed by atoms with Crippen molar-refractivity contribution >= 4 is 0 Å². The smallest absolute Gasteiger partial charge is 0.0105 e. The van der Waals surface area contributed by atoms with Crippen LogP contribution >= 0.6 is 0 Å². The molecule has 0 aromatic heterocycles. The summed E-state index contributed by atoms with van der Waals surface area (Å²) in [5.74, 6) is 1.70. The third-order valence-electron chi connectivity index (χ3n) is 4.05. The summed E-state index contributed by atoms with van der Waals surface area (Å²) >= 11 is 0. The van der Waals surface area contributed by atoms with E-state index in [1.807, 2.05) is 7.05 Å². The lowest BCUT2D eigenvalue weighted by molar-refractivity contribution is 0.0997. The van der Waals surface area contributed by atoms with E-state index in [1.54, 1.807) is 0 Å². The molecule has 0 aliphatic carbocycles. The Labute approximate surface area is 95.4 Å². The van der Waals surface area contributed by atoms with Crippen LogP contribution in [0.3, 0.4) is 0 Å². The van der Waals surface area contributed by atoms with Crippen molar-refractivity contribution in [3.05, 3.63) is 0 Å². The van der Waals surface area contributed by atoms with E-state index < -0.39 is 0 Å². The summed E-state index contributed by atoms with van der Waals surface area (Å²) < 4.78 is 0.